The van der Waals surface area contributed by atoms with E-state index < -0.39 is 0 Å². The Hall–Kier alpha value is -3.21. The van der Waals surface area contributed by atoms with E-state index in [-0.39, 0.29) is 5.91 Å². The molecule has 0 atom stereocenters. The van der Waals surface area contributed by atoms with Crippen LogP contribution in [0.5, 0.6) is 0 Å². The molecule has 3 aromatic rings. The number of aromatic nitrogens is 2. The maximum absolute atomic E-state index is 12.1. The highest BCUT2D eigenvalue weighted by molar-refractivity contribution is 5.95. The zero-order valence-corrected chi connectivity index (χ0v) is 14.6. The van der Waals surface area contributed by atoms with E-state index in [1.807, 2.05) is 61.5 Å². The number of para-hydroxylation sites is 1. The molecule has 2 aromatic carbocycles. The summed E-state index contributed by atoms with van der Waals surface area (Å²) in [6.07, 6.45) is 3.97. The van der Waals surface area contributed by atoms with E-state index in [2.05, 4.69) is 20.6 Å². The minimum atomic E-state index is -0.0182. The van der Waals surface area contributed by atoms with Gasteiger partial charge in [-0.2, -0.15) is 0 Å². The van der Waals surface area contributed by atoms with Gasteiger partial charge in [0.05, 0.1) is 0 Å². The van der Waals surface area contributed by atoms with E-state index in [0.29, 0.717) is 17.4 Å². The van der Waals surface area contributed by atoms with E-state index in [1.54, 1.807) is 6.20 Å². The average Bonchev–Trinajstić information content (AvgIpc) is 3.48. The molecule has 5 heteroatoms. The summed E-state index contributed by atoms with van der Waals surface area (Å²) < 4.78 is 0. The van der Waals surface area contributed by atoms with Gasteiger partial charge < -0.3 is 10.6 Å². The topological polar surface area (TPSA) is 66.9 Å². The molecule has 1 aliphatic rings. The molecule has 0 bridgehead atoms. The first kappa shape index (κ1) is 16.3. The van der Waals surface area contributed by atoms with Crippen molar-refractivity contribution < 1.29 is 4.79 Å². The van der Waals surface area contributed by atoms with E-state index in [0.717, 1.165) is 35.5 Å². The zero-order chi connectivity index (χ0) is 17.9. The second kappa shape index (κ2) is 6.96. The minimum Gasteiger partial charge on any atom is -0.349 e. The Morgan fingerprint density at radius 2 is 1.77 bits per heavy atom. The van der Waals surface area contributed by atoms with Gasteiger partial charge in [0.25, 0.3) is 5.91 Å². The van der Waals surface area contributed by atoms with Gasteiger partial charge in [-0.1, -0.05) is 30.3 Å². The molecule has 2 N–H and O–H groups in total. The molecule has 1 heterocycles. The van der Waals surface area contributed by atoms with Gasteiger partial charge in [-0.25, -0.2) is 9.97 Å². The smallest absolute Gasteiger partial charge is 0.251 e. The van der Waals surface area contributed by atoms with Crippen LogP contribution >= 0.6 is 0 Å². The lowest BCUT2D eigenvalue weighted by Gasteiger charge is -2.10. The molecular formula is C21H20N4O. The van der Waals surface area contributed by atoms with Gasteiger partial charge in [0.1, 0.15) is 5.82 Å². The number of amides is 1. The fraction of sp³-hybridized carbons (Fsp3) is 0.190. The normalized spacial score (nSPS) is 13.3. The number of rotatable bonds is 5. The van der Waals surface area contributed by atoms with Crippen LogP contribution in [-0.2, 0) is 0 Å². The first-order valence-electron chi connectivity index (χ1n) is 8.76. The number of hydrogen-bond acceptors (Lipinski definition) is 4. The molecule has 1 fully saturated rings. The van der Waals surface area contributed by atoms with Crippen molar-refractivity contribution in [3.05, 3.63) is 71.9 Å². The molecule has 0 radical (unpaired) electrons. The molecule has 0 aliphatic heterocycles. The largest absolute Gasteiger partial charge is 0.349 e. The standard InChI is InChI=1S/C21H20N4O/c1-14-13-22-20(25-19(14)23-17-5-3-2-4-6-17)15-7-9-16(10-8-15)21(26)24-18-11-12-18/h2-10,13,18H,11-12H2,1H3,(H,24,26)(H,22,23,25). The molecule has 130 valence electrons. The summed E-state index contributed by atoms with van der Waals surface area (Å²) >= 11 is 0. The lowest BCUT2D eigenvalue weighted by molar-refractivity contribution is 0.0951. The number of anilines is 2. The van der Waals surface area contributed by atoms with Gasteiger partial charge in [-0.05, 0) is 44.0 Å². The van der Waals surface area contributed by atoms with Gasteiger partial charge in [-0.3, -0.25) is 4.79 Å². The van der Waals surface area contributed by atoms with Crippen molar-refractivity contribution in [2.75, 3.05) is 5.32 Å². The summed E-state index contributed by atoms with van der Waals surface area (Å²) in [5.41, 5.74) is 3.49. The Kier molecular flexibility index (Phi) is 4.35. The van der Waals surface area contributed by atoms with E-state index in [9.17, 15) is 4.79 Å². The van der Waals surface area contributed by atoms with Gasteiger partial charge in [0.15, 0.2) is 5.82 Å². The van der Waals surface area contributed by atoms with Gasteiger partial charge in [-0.15, -0.1) is 0 Å². The number of hydrogen-bond donors (Lipinski definition) is 2. The number of nitrogens with zero attached hydrogens (tertiary/aromatic N) is 2. The van der Waals surface area contributed by atoms with Crippen molar-refractivity contribution in [1.29, 1.82) is 0 Å². The predicted molar refractivity (Wildman–Crippen MR) is 102 cm³/mol. The predicted octanol–water partition coefficient (Wildman–Crippen LogP) is 4.09. The van der Waals surface area contributed by atoms with Crippen molar-refractivity contribution in [1.82, 2.24) is 15.3 Å². The molecule has 1 aromatic heterocycles. The zero-order valence-electron chi connectivity index (χ0n) is 14.6. The van der Waals surface area contributed by atoms with Crippen molar-refractivity contribution in [2.45, 2.75) is 25.8 Å². The number of nitrogens with one attached hydrogen (secondary N) is 2. The summed E-state index contributed by atoms with van der Waals surface area (Å²) in [5.74, 6) is 1.38. The molecule has 1 aliphatic carbocycles. The first-order valence-corrected chi connectivity index (χ1v) is 8.76. The van der Waals surface area contributed by atoms with Crippen LogP contribution in [0.1, 0.15) is 28.8 Å². The fourth-order valence-electron chi connectivity index (χ4n) is 2.63. The summed E-state index contributed by atoms with van der Waals surface area (Å²) in [6, 6.07) is 17.7. The third-order valence-corrected chi connectivity index (χ3v) is 4.33. The fourth-order valence-corrected chi connectivity index (χ4v) is 2.63. The lowest BCUT2D eigenvalue weighted by atomic mass is 10.1. The summed E-state index contributed by atoms with van der Waals surface area (Å²) in [7, 11) is 0. The van der Waals surface area contributed by atoms with Crippen LogP contribution in [0.25, 0.3) is 11.4 Å². The van der Waals surface area contributed by atoms with Crippen molar-refractivity contribution in [3.8, 4) is 11.4 Å². The van der Waals surface area contributed by atoms with Gasteiger partial charge in [0, 0.05) is 34.6 Å². The van der Waals surface area contributed by atoms with Gasteiger partial charge >= 0.3 is 0 Å². The molecule has 26 heavy (non-hydrogen) atoms. The monoisotopic (exact) mass is 344 g/mol. The van der Waals surface area contributed by atoms with Crippen LogP contribution in [0.4, 0.5) is 11.5 Å². The molecular weight excluding hydrogens is 324 g/mol. The third kappa shape index (κ3) is 3.72. The average molecular weight is 344 g/mol. The molecule has 0 unspecified atom stereocenters. The van der Waals surface area contributed by atoms with Gasteiger partial charge in [0.2, 0.25) is 0 Å². The Bertz CT molecular complexity index is 919. The summed E-state index contributed by atoms with van der Waals surface area (Å²) in [5, 5.41) is 6.32. The first-order chi connectivity index (χ1) is 12.7. The SMILES string of the molecule is Cc1cnc(-c2ccc(C(=O)NC3CC3)cc2)nc1Nc1ccccc1. The Balaban J connectivity index is 1.55. The molecule has 1 saturated carbocycles. The molecule has 4 rings (SSSR count). The Morgan fingerprint density at radius 1 is 1.04 bits per heavy atom. The van der Waals surface area contributed by atoms with Crippen LogP contribution < -0.4 is 10.6 Å². The highest BCUT2D eigenvalue weighted by Crippen LogP contribution is 2.23. The highest BCUT2D eigenvalue weighted by Gasteiger charge is 2.23. The Morgan fingerprint density at radius 3 is 2.46 bits per heavy atom. The van der Waals surface area contributed by atoms with Crippen LogP contribution in [-0.4, -0.2) is 21.9 Å². The summed E-state index contributed by atoms with van der Waals surface area (Å²) in [4.78, 5) is 21.2. The third-order valence-electron chi connectivity index (χ3n) is 4.33. The van der Waals surface area contributed by atoms with E-state index in [4.69, 9.17) is 0 Å². The highest BCUT2D eigenvalue weighted by atomic mass is 16.1. The van der Waals surface area contributed by atoms with Crippen LogP contribution in [0.2, 0.25) is 0 Å². The number of aryl methyl sites for hydroxylation is 1. The summed E-state index contributed by atoms with van der Waals surface area (Å²) in [6.45, 7) is 1.97. The number of carbonyl (C=O) groups excluding carboxylic acids is 1. The van der Waals surface area contributed by atoms with Crippen LogP contribution in [0.3, 0.4) is 0 Å². The molecule has 0 saturated heterocycles. The molecule has 1 amide bonds. The van der Waals surface area contributed by atoms with E-state index >= 15 is 0 Å². The van der Waals surface area contributed by atoms with Crippen LogP contribution in [0.15, 0.2) is 60.8 Å². The van der Waals surface area contributed by atoms with Crippen molar-refractivity contribution >= 4 is 17.4 Å². The second-order valence-electron chi connectivity index (χ2n) is 6.54. The molecule has 5 nitrogen and oxygen atoms in total. The van der Waals surface area contributed by atoms with Crippen molar-refractivity contribution in [2.24, 2.45) is 0 Å². The lowest BCUT2D eigenvalue weighted by Crippen LogP contribution is -2.25. The number of benzene rings is 2. The van der Waals surface area contributed by atoms with E-state index in [1.165, 1.54) is 0 Å². The number of carbonyl (C=O) groups is 1. The van der Waals surface area contributed by atoms with Crippen molar-refractivity contribution in [3.63, 3.8) is 0 Å². The maximum atomic E-state index is 12.1. The van der Waals surface area contributed by atoms with Crippen LogP contribution in [0, 0.1) is 6.92 Å². The maximum Gasteiger partial charge on any atom is 0.251 e. The molecule has 0 spiro atoms. The second-order valence-corrected chi connectivity index (χ2v) is 6.54. The minimum absolute atomic E-state index is 0.0182. The quantitative estimate of drug-likeness (QED) is 0.732. The Labute approximate surface area is 152 Å².